The van der Waals surface area contributed by atoms with E-state index < -0.39 is 5.54 Å². The lowest BCUT2D eigenvalue weighted by Gasteiger charge is -2.34. The highest BCUT2D eigenvalue weighted by atomic mass is 32.1. The number of rotatable bonds is 3. The number of hydrogen-bond donors (Lipinski definition) is 1. The normalized spacial score (nSPS) is 28.7. The Morgan fingerprint density at radius 1 is 1.41 bits per heavy atom. The van der Waals surface area contributed by atoms with E-state index in [0.29, 0.717) is 16.8 Å². The molecule has 1 aliphatic heterocycles. The minimum absolute atomic E-state index is 0.0923. The molecule has 3 rings (SSSR count). The summed E-state index contributed by atoms with van der Waals surface area (Å²) in [5.41, 5.74) is -0.680. The van der Waals surface area contributed by atoms with Crippen molar-refractivity contribution in [1.29, 1.82) is 0 Å². The van der Waals surface area contributed by atoms with Crippen molar-refractivity contribution in [3.63, 3.8) is 0 Å². The molecule has 1 aromatic heterocycles. The molecule has 22 heavy (non-hydrogen) atoms. The molecule has 1 aliphatic carbocycles. The van der Waals surface area contributed by atoms with Crippen LogP contribution in [0.25, 0.3) is 0 Å². The number of nitrogens with zero attached hydrogens (tertiary/aromatic N) is 3. The first-order valence-corrected chi connectivity index (χ1v) is 8.69. The van der Waals surface area contributed by atoms with Crippen LogP contribution >= 0.6 is 11.3 Å². The number of nitrogens with one attached hydrogen (secondary N) is 1. The van der Waals surface area contributed by atoms with Crippen molar-refractivity contribution >= 4 is 23.3 Å². The van der Waals surface area contributed by atoms with Gasteiger partial charge in [0.05, 0.1) is 6.54 Å². The van der Waals surface area contributed by atoms with Crippen LogP contribution in [0.15, 0.2) is 0 Å². The van der Waals surface area contributed by atoms with E-state index >= 15 is 0 Å². The molecule has 2 fully saturated rings. The molecule has 7 heteroatoms. The predicted molar refractivity (Wildman–Crippen MR) is 83.4 cm³/mol. The molecule has 3 amide bonds. The van der Waals surface area contributed by atoms with Gasteiger partial charge in [0.1, 0.15) is 15.6 Å². The zero-order valence-electron chi connectivity index (χ0n) is 13.3. The molecule has 2 aliphatic rings. The lowest BCUT2D eigenvalue weighted by atomic mass is 9.76. The van der Waals surface area contributed by atoms with Gasteiger partial charge in [-0.3, -0.25) is 9.69 Å². The van der Waals surface area contributed by atoms with E-state index in [2.05, 4.69) is 36.3 Å². The highest BCUT2D eigenvalue weighted by Crippen LogP contribution is 2.37. The topological polar surface area (TPSA) is 75.2 Å². The maximum atomic E-state index is 12.8. The first-order chi connectivity index (χ1) is 10.4. The van der Waals surface area contributed by atoms with E-state index in [0.717, 1.165) is 30.7 Å². The van der Waals surface area contributed by atoms with Crippen molar-refractivity contribution in [2.24, 2.45) is 5.92 Å². The summed E-state index contributed by atoms with van der Waals surface area (Å²) >= 11 is 1.47. The number of urea groups is 1. The summed E-state index contributed by atoms with van der Waals surface area (Å²) in [6.45, 7) is 6.47. The summed E-state index contributed by atoms with van der Waals surface area (Å²) in [5.74, 6) is 0.678. The second-order valence-electron chi connectivity index (χ2n) is 6.79. The van der Waals surface area contributed by atoms with Crippen molar-refractivity contribution in [2.75, 3.05) is 0 Å². The molecule has 120 valence electrons. The van der Waals surface area contributed by atoms with E-state index in [1.807, 2.05) is 0 Å². The third-order valence-electron chi connectivity index (χ3n) is 4.51. The molecule has 1 aromatic rings. The van der Waals surface area contributed by atoms with E-state index in [9.17, 15) is 9.59 Å². The molecule has 0 radical (unpaired) electrons. The highest BCUT2D eigenvalue weighted by Gasteiger charge is 2.52. The van der Waals surface area contributed by atoms with Gasteiger partial charge in [-0.05, 0) is 18.8 Å². The Balaban J connectivity index is 1.76. The lowest BCUT2D eigenvalue weighted by molar-refractivity contribution is -0.133. The van der Waals surface area contributed by atoms with Gasteiger partial charge >= 0.3 is 6.03 Å². The predicted octanol–water partition coefficient (Wildman–Crippen LogP) is 2.66. The summed E-state index contributed by atoms with van der Waals surface area (Å²) < 4.78 is 0. The molecule has 0 bridgehead atoms. The SMILES string of the molecule is CC(C)c1nnc(CN2C(=O)N[C@@]3(CCC[C@@H](C)C3)C2=O)s1. The highest BCUT2D eigenvalue weighted by molar-refractivity contribution is 7.11. The second kappa shape index (κ2) is 5.61. The Morgan fingerprint density at radius 2 is 2.18 bits per heavy atom. The van der Waals surface area contributed by atoms with Gasteiger partial charge in [-0.25, -0.2) is 4.79 Å². The zero-order valence-corrected chi connectivity index (χ0v) is 14.1. The first-order valence-electron chi connectivity index (χ1n) is 7.88. The van der Waals surface area contributed by atoms with Crippen molar-refractivity contribution < 1.29 is 9.59 Å². The molecule has 0 unspecified atom stereocenters. The third kappa shape index (κ3) is 2.62. The summed E-state index contributed by atoms with van der Waals surface area (Å²) in [5, 5.41) is 12.8. The van der Waals surface area contributed by atoms with Gasteiger partial charge in [0.25, 0.3) is 5.91 Å². The monoisotopic (exact) mass is 322 g/mol. The van der Waals surface area contributed by atoms with E-state index in [-0.39, 0.29) is 18.5 Å². The lowest BCUT2D eigenvalue weighted by Crippen LogP contribution is -2.50. The smallest absolute Gasteiger partial charge is 0.323 e. The fourth-order valence-electron chi connectivity index (χ4n) is 3.38. The number of carbonyl (C=O) groups excluding carboxylic acids is 2. The van der Waals surface area contributed by atoms with Crippen LogP contribution in [-0.2, 0) is 11.3 Å². The van der Waals surface area contributed by atoms with Gasteiger partial charge in [-0.1, -0.05) is 44.9 Å². The van der Waals surface area contributed by atoms with Crippen LogP contribution < -0.4 is 5.32 Å². The Bertz CT molecular complexity index is 600. The largest absolute Gasteiger partial charge is 0.325 e. The van der Waals surface area contributed by atoms with Crippen LogP contribution in [0, 0.1) is 5.92 Å². The van der Waals surface area contributed by atoms with E-state index in [4.69, 9.17) is 0 Å². The minimum atomic E-state index is -0.680. The fourth-order valence-corrected chi connectivity index (χ4v) is 4.21. The van der Waals surface area contributed by atoms with Crippen LogP contribution in [-0.4, -0.2) is 32.6 Å². The number of hydrogen-bond acceptors (Lipinski definition) is 5. The summed E-state index contributed by atoms with van der Waals surface area (Å²) in [6, 6.07) is -0.291. The maximum Gasteiger partial charge on any atom is 0.325 e. The Morgan fingerprint density at radius 3 is 2.82 bits per heavy atom. The van der Waals surface area contributed by atoms with Crippen LogP contribution in [0.4, 0.5) is 4.79 Å². The molecule has 1 spiro atoms. The van der Waals surface area contributed by atoms with E-state index in [1.165, 1.54) is 16.2 Å². The van der Waals surface area contributed by atoms with Crippen molar-refractivity contribution in [1.82, 2.24) is 20.4 Å². The molecule has 2 heterocycles. The number of carbonyl (C=O) groups is 2. The number of aromatic nitrogens is 2. The van der Waals surface area contributed by atoms with Crippen LogP contribution in [0.2, 0.25) is 0 Å². The average Bonchev–Trinajstić information content (AvgIpc) is 2.99. The van der Waals surface area contributed by atoms with Gasteiger partial charge in [0.15, 0.2) is 0 Å². The molecule has 1 saturated carbocycles. The second-order valence-corrected chi connectivity index (χ2v) is 7.89. The summed E-state index contributed by atoms with van der Waals surface area (Å²) in [4.78, 5) is 26.4. The fraction of sp³-hybridized carbons (Fsp3) is 0.733. The molecule has 1 saturated heterocycles. The van der Waals surface area contributed by atoms with Gasteiger partial charge in [0.2, 0.25) is 0 Å². The minimum Gasteiger partial charge on any atom is -0.323 e. The zero-order chi connectivity index (χ0) is 15.9. The third-order valence-corrected chi connectivity index (χ3v) is 5.72. The summed E-state index contributed by atoms with van der Waals surface area (Å²) in [7, 11) is 0. The average molecular weight is 322 g/mol. The molecule has 1 N–H and O–H groups in total. The van der Waals surface area contributed by atoms with Gasteiger partial charge in [0, 0.05) is 5.92 Å². The molecular formula is C15H22N4O2S. The van der Waals surface area contributed by atoms with Crippen molar-refractivity contribution in [3.05, 3.63) is 10.0 Å². The van der Waals surface area contributed by atoms with Crippen LogP contribution in [0.1, 0.15) is 62.4 Å². The van der Waals surface area contributed by atoms with Crippen molar-refractivity contribution in [2.45, 2.75) is 64.5 Å². The number of amides is 3. The molecule has 2 atom stereocenters. The Labute approximate surface area is 134 Å². The van der Waals surface area contributed by atoms with Gasteiger partial charge < -0.3 is 5.32 Å². The summed E-state index contributed by atoms with van der Waals surface area (Å²) in [6.07, 6.45) is 3.59. The maximum absolute atomic E-state index is 12.8. The van der Waals surface area contributed by atoms with Gasteiger partial charge in [-0.15, -0.1) is 10.2 Å². The van der Waals surface area contributed by atoms with Gasteiger partial charge in [-0.2, -0.15) is 0 Å². The molecule has 6 nitrogen and oxygen atoms in total. The quantitative estimate of drug-likeness (QED) is 0.868. The molecular weight excluding hydrogens is 300 g/mol. The van der Waals surface area contributed by atoms with Crippen LogP contribution in [0.5, 0.6) is 0 Å². The first kappa shape index (κ1) is 15.4. The van der Waals surface area contributed by atoms with E-state index in [1.54, 1.807) is 0 Å². The number of imide groups is 1. The Kier molecular flexibility index (Phi) is 3.92. The van der Waals surface area contributed by atoms with Crippen LogP contribution in [0.3, 0.4) is 0 Å². The molecule has 0 aromatic carbocycles. The Hall–Kier alpha value is -1.50. The van der Waals surface area contributed by atoms with Crippen molar-refractivity contribution in [3.8, 4) is 0 Å². The standard InChI is InChI=1S/C15H22N4O2S/c1-9(2)12-18-17-11(22-12)8-19-13(20)15(16-14(19)21)6-4-5-10(3)7-15/h9-10H,4-8H2,1-3H3,(H,16,21)/t10-,15-/m1/s1.